The molecule has 0 unspecified atom stereocenters. The van der Waals surface area contributed by atoms with Crippen molar-refractivity contribution in [1.82, 2.24) is 0 Å². The lowest BCUT2D eigenvalue weighted by Gasteiger charge is -2.12. The van der Waals surface area contributed by atoms with E-state index in [4.69, 9.17) is 10.5 Å². The first-order chi connectivity index (χ1) is 11.7. The van der Waals surface area contributed by atoms with E-state index >= 15 is 0 Å². The SMILES string of the molecule is Nc1ccccc1NC(=O)c1ccccc1OCc1ccccc1. The first kappa shape index (κ1) is 15.6. The van der Waals surface area contributed by atoms with Crippen LogP contribution < -0.4 is 15.8 Å². The predicted octanol–water partition coefficient (Wildman–Crippen LogP) is 4.10. The second-order valence-electron chi connectivity index (χ2n) is 5.31. The van der Waals surface area contributed by atoms with Crippen molar-refractivity contribution in [2.75, 3.05) is 11.1 Å². The van der Waals surface area contributed by atoms with Gasteiger partial charge in [-0.25, -0.2) is 0 Å². The molecule has 1 amide bonds. The number of carbonyl (C=O) groups excluding carboxylic acids is 1. The molecule has 120 valence electrons. The van der Waals surface area contributed by atoms with Gasteiger partial charge in [0, 0.05) is 0 Å². The smallest absolute Gasteiger partial charge is 0.259 e. The molecule has 0 fully saturated rings. The van der Waals surface area contributed by atoms with E-state index in [0.717, 1.165) is 5.56 Å². The van der Waals surface area contributed by atoms with E-state index in [0.29, 0.717) is 29.3 Å². The van der Waals surface area contributed by atoms with Gasteiger partial charge in [0.15, 0.2) is 0 Å². The van der Waals surface area contributed by atoms with Crippen molar-refractivity contribution in [3.05, 3.63) is 90.0 Å². The van der Waals surface area contributed by atoms with Crippen molar-refractivity contribution < 1.29 is 9.53 Å². The highest BCUT2D eigenvalue weighted by atomic mass is 16.5. The Morgan fingerprint density at radius 2 is 1.54 bits per heavy atom. The van der Waals surface area contributed by atoms with Crippen LogP contribution in [0.5, 0.6) is 5.75 Å². The van der Waals surface area contributed by atoms with Gasteiger partial charge in [0.05, 0.1) is 16.9 Å². The van der Waals surface area contributed by atoms with Gasteiger partial charge < -0.3 is 15.8 Å². The highest BCUT2D eigenvalue weighted by Crippen LogP contribution is 2.23. The number of amides is 1. The van der Waals surface area contributed by atoms with Crippen molar-refractivity contribution in [3.63, 3.8) is 0 Å². The van der Waals surface area contributed by atoms with Crippen LogP contribution in [0, 0.1) is 0 Å². The van der Waals surface area contributed by atoms with Crippen molar-refractivity contribution >= 4 is 17.3 Å². The molecule has 0 radical (unpaired) electrons. The van der Waals surface area contributed by atoms with Crippen LogP contribution in [0.1, 0.15) is 15.9 Å². The number of anilines is 2. The van der Waals surface area contributed by atoms with E-state index in [1.54, 1.807) is 30.3 Å². The molecule has 0 aliphatic heterocycles. The predicted molar refractivity (Wildman–Crippen MR) is 96.0 cm³/mol. The number of hydrogen-bond donors (Lipinski definition) is 2. The molecule has 3 rings (SSSR count). The molecule has 24 heavy (non-hydrogen) atoms. The fraction of sp³-hybridized carbons (Fsp3) is 0.0500. The molecule has 4 nitrogen and oxygen atoms in total. The normalized spacial score (nSPS) is 10.2. The molecule has 0 atom stereocenters. The van der Waals surface area contributed by atoms with Gasteiger partial charge in [-0.1, -0.05) is 54.6 Å². The molecule has 0 aliphatic rings. The molecule has 0 aromatic heterocycles. The Morgan fingerprint density at radius 3 is 2.33 bits per heavy atom. The lowest BCUT2D eigenvalue weighted by atomic mass is 10.1. The molecule has 3 aromatic rings. The topological polar surface area (TPSA) is 64.3 Å². The summed E-state index contributed by atoms with van der Waals surface area (Å²) in [5.74, 6) is 0.282. The van der Waals surface area contributed by atoms with Gasteiger partial charge in [-0.05, 0) is 29.8 Å². The number of carbonyl (C=O) groups is 1. The minimum absolute atomic E-state index is 0.253. The Hall–Kier alpha value is -3.27. The summed E-state index contributed by atoms with van der Waals surface area (Å²) in [7, 11) is 0. The van der Waals surface area contributed by atoms with Crippen LogP contribution in [0.25, 0.3) is 0 Å². The van der Waals surface area contributed by atoms with Crippen molar-refractivity contribution in [2.24, 2.45) is 0 Å². The van der Waals surface area contributed by atoms with E-state index in [1.807, 2.05) is 48.5 Å². The number of hydrogen-bond acceptors (Lipinski definition) is 3. The van der Waals surface area contributed by atoms with Crippen LogP contribution in [0.4, 0.5) is 11.4 Å². The highest BCUT2D eigenvalue weighted by Gasteiger charge is 2.13. The van der Waals surface area contributed by atoms with Crippen LogP contribution in [0.2, 0.25) is 0 Å². The largest absolute Gasteiger partial charge is 0.488 e. The maximum atomic E-state index is 12.6. The van der Waals surface area contributed by atoms with E-state index in [2.05, 4.69) is 5.32 Å². The summed E-state index contributed by atoms with van der Waals surface area (Å²) in [4.78, 5) is 12.6. The van der Waals surface area contributed by atoms with Gasteiger partial charge in [-0.15, -0.1) is 0 Å². The monoisotopic (exact) mass is 318 g/mol. The Bertz CT molecular complexity index is 832. The summed E-state index contributed by atoms with van der Waals surface area (Å²) in [6.45, 7) is 0.401. The van der Waals surface area contributed by atoms with E-state index in [9.17, 15) is 4.79 Å². The van der Waals surface area contributed by atoms with Crippen molar-refractivity contribution in [2.45, 2.75) is 6.61 Å². The summed E-state index contributed by atoms with van der Waals surface area (Å²) in [6.07, 6.45) is 0. The minimum Gasteiger partial charge on any atom is -0.488 e. The summed E-state index contributed by atoms with van der Waals surface area (Å²) in [6, 6.07) is 24.1. The molecule has 3 aromatic carbocycles. The van der Waals surface area contributed by atoms with E-state index < -0.39 is 0 Å². The fourth-order valence-electron chi connectivity index (χ4n) is 2.32. The van der Waals surface area contributed by atoms with Crippen LogP contribution >= 0.6 is 0 Å². The molecular weight excluding hydrogens is 300 g/mol. The van der Waals surface area contributed by atoms with Crippen molar-refractivity contribution in [1.29, 1.82) is 0 Å². The van der Waals surface area contributed by atoms with Gasteiger partial charge >= 0.3 is 0 Å². The van der Waals surface area contributed by atoms with Gasteiger partial charge in [0.2, 0.25) is 0 Å². The number of benzene rings is 3. The zero-order chi connectivity index (χ0) is 16.8. The Balaban J connectivity index is 1.76. The quantitative estimate of drug-likeness (QED) is 0.696. The molecule has 0 saturated carbocycles. The van der Waals surface area contributed by atoms with Crippen LogP contribution in [0.3, 0.4) is 0 Å². The number of rotatable bonds is 5. The first-order valence-corrected chi connectivity index (χ1v) is 7.65. The Labute approximate surface area is 140 Å². The standard InChI is InChI=1S/C20H18N2O2/c21-17-11-5-6-12-18(17)22-20(23)16-10-4-7-13-19(16)24-14-15-8-2-1-3-9-15/h1-13H,14,21H2,(H,22,23). The molecule has 3 N–H and O–H groups in total. The molecular formula is C20H18N2O2. The molecule has 4 heteroatoms. The maximum Gasteiger partial charge on any atom is 0.259 e. The van der Waals surface area contributed by atoms with E-state index in [-0.39, 0.29) is 5.91 Å². The summed E-state index contributed by atoms with van der Waals surface area (Å²) < 4.78 is 5.82. The second kappa shape index (κ2) is 7.33. The molecule has 0 saturated heterocycles. The van der Waals surface area contributed by atoms with Crippen LogP contribution in [-0.2, 0) is 6.61 Å². The zero-order valence-corrected chi connectivity index (χ0v) is 13.1. The third-order valence-electron chi connectivity index (χ3n) is 3.58. The summed E-state index contributed by atoms with van der Waals surface area (Å²) >= 11 is 0. The number of nitrogens with one attached hydrogen (secondary N) is 1. The Kier molecular flexibility index (Phi) is 4.77. The summed E-state index contributed by atoms with van der Waals surface area (Å²) in [5, 5.41) is 2.82. The summed E-state index contributed by atoms with van der Waals surface area (Å²) in [5.41, 5.74) is 8.49. The number of para-hydroxylation sites is 3. The van der Waals surface area contributed by atoms with E-state index in [1.165, 1.54) is 0 Å². The fourth-order valence-corrected chi connectivity index (χ4v) is 2.32. The molecule has 0 spiro atoms. The lowest BCUT2D eigenvalue weighted by Crippen LogP contribution is -2.14. The first-order valence-electron chi connectivity index (χ1n) is 7.65. The molecule has 0 aliphatic carbocycles. The molecule has 0 heterocycles. The third kappa shape index (κ3) is 3.73. The van der Waals surface area contributed by atoms with Gasteiger partial charge in [0.1, 0.15) is 12.4 Å². The number of nitrogens with two attached hydrogens (primary N) is 1. The zero-order valence-electron chi connectivity index (χ0n) is 13.1. The third-order valence-corrected chi connectivity index (χ3v) is 3.58. The van der Waals surface area contributed by atoms with Crippen LogP contribution in [0.15, 0.2) is 78.9 Å². The average Bonchev–Trinajstić information content (AvgIpc) is 2.63. The average molecular weight is 318 g/mol. The maximum absolute atomic E-state index is 12.6. The second-order valence-corrected chi connectivity index (χ2v) is 5.31. The van der Waals surface area contributed by atoms with Crippen LogP contribution in [-0.4, -0.2) is 5.91 Å². The van der Waals surface area contributed by atoms with Gasteiger partial charge in [-0.3, -0.25) is 4.79 Å². The molecule has 0 bridgehead atoms. The highest BCUT2D eigenvalue weighted by molar-refractivity contribution is 6.07. The number of ether oxygens (including phenoxy) is 1. The lowest BCUT2D eigenvalue weighted by molar-refractivity contribution is 0.102. The van der Waals surface area contributed by atoms with Gasteiger partial charge in [0.25, 0.3) is 5.91 Å². The Morgan fingerprint density at radius 1 is 0.875 bits per heavy atom. The minimum atomic E-state index is -0.253. The van der Waals surface area contributed by atoms with Crippen molar-refractivity contribution in [3.8, 4) is 5.75 Å². The van der Waals surface area contributed by atoms with Gasteiger partial charge in [-0.2, -0.15) is 0 Å². The number of nitrogen functional groups attached to an aromatic ring is 1.